The van der Waals surface area contributed by atoms with E-state index in [1.165, 1.54) is 12.8 Å². The average Bonchev–Trinajstić information content (AvgIpc) is 3.31. The molecule has 0 heterocycles. The number of hydrogen-bond donors (Lipinski definition) is 2. The maximum absolute atomic E-state index is 12.9. The van der Waals surface area contributed by atoms with Crippen LogP contribution in [-0.4, -0.2) is 37.1 Å². The lowest BCUT2D eigenvalue weighted by atomic mass is 10.1. The molecular formula is C16H25N3O2. The number of aryl methyl sites for hydroxylation is 1. The highest BCUT2D eigenvalue weighted by molar-refractivity contribution is 5.99. The Bertz CT molecular complexity index is 500. The SMILES string of the molecule is COCCN(C(=O)c1ccc(C)cc1NN)C(C)C1CC1. The van der Waals surface area contributed by atoms with E-state index in [9.17, 15) is 4.79 Å². The third-order valence-corrected chi connectivity index (χ3v) is 4.15. The van der Waals surface area contributed by atoms with Crippen LogP contribution in [0.25, 0.3) is 0 Å². The number of amides is 1. The summed E-state index contributed by atoms with van der Waals surface area (Å²) in [4.78, 5) is 14.8. The summed E-state index contributed by atoms with van der Waals surface area (Å²) >= 11 is 0. The van der Waals surface area contributed by atoms with Crippen LogP contribution in [0.3, 0.4) is 0 Å². The zero-order valence-electron chi connectivity index (χ0n) is 13.1. The van der Waals surface area contributed by atoms with Crippen molar-refractivity contribution in [2.45, 2.75) is 32.7 Å². The molecular weight excluding hydrogens is 266 g/mol. The highest BCUT2D eigenvalue weighted by atomic mass is 16.5. The van der Waals surface area contributed by atoms with Gasteiger partial charge in [-0.2, -0.15) is 0 Å². The fraction of sp³-hybridized carbons (Fsp3) is 0.562. The molecule has 0 spiro atoms. The van der Waals surface area contributed by atoms with Gasteiger partial charge in [-0.25, -0.2) is 0 Å². The standard InChI is InChI=1S/C16H25N3O2/c1-11-4-7-14(15(10-11)18-17)16(20)19(8-9-21-3)12(2)13-5-6-13/h4,7,10,12-13,18H,5-6,8-9,17H2,1-3H3. The summed E-state index contributed by atoms with van der Waals surface area (Å²) in [5, 5.41) is 0. The first-order valence-electron chi connectivity index (χ1n) is 7.45. The predicted molar refractivity (Wildman–Crippen MR) is 84.1 cm³/mol. The molecule has 1 aromatic carbocycles. The number of nitrogens with one attached hydrogen (secondary N) is 1. The monoisotopic (exact) mass is 291 g/mol. The van der Waals surface area contributed by atoms with Crippen molar-refractivity contribution in [3.63, 3.8) is 0 Å². The Morgan fingerprint density at radius 1 is 1.52 bits per heavy atom. The summed E-state index contributed by atoms with van der Waals surface area (Å²) in [6.07, 6.45) is 2.40. The van der Waals surface area contributed by atoms with Crippen molar-refractivity contribution in [2.75, 3.05) is 25.7 Å². The smallest absolute Gasteiger partial charge is 0.256 e. The molecule has 1 fully saturated rings. The number of hydrogen-bond acceptors (Lipinski definition) is 4. The second kappa shape index (κ2) is 6.91. The number of ether oxygens (including phenoxy) is 1. The summed E-state index contributed by atoms with van der Waals surface area (Å²) in [6, 6.07) is 5.90. The van der Waals surface area contributed by atoms with Gasteiger partial charge in [-0.05, 0) is 50.3 Å². The normalized spacial score (nSPS) is 15.6. The molecule has 0 aliphatic heterocycles. The van der Waals surface area contributed by atoms with E-state index in [0.29, 0.717) is 30.3 Å². The van der Waals surface area contributed by atoms with Crippen LogP contribution in [0.4, 0.5) is 5.69 Å². The maximum atomic E-state index is 12.9. The fourth-order valence-electron chi connectivity index (χ4n) is 2.63. The topological polar surface area (TPSA) is 67.6 Å². The van der Waals surface area contributed by atoms with Gasteiger partial charge in [-0.3, -0.25) is 10.6 Å². The molecule has 1 amide bonds. The summed E-state index contributed by atoms with van der Waals surface area (Å²) in [5.41, 5.74) is 4.99. The molecule has 2 rings (SSSR count). The van der Waals surface area contributed by atoms with E-state index in [1.54, 1.807) is 7.11 Å². The molecule has 0 saturated heterocycles. The van der Waals surface area contributed by atoms with Gasteiger partial charge in [0.1, 0.15) is 0 Å². The first-order valence-corrected chi connectivity index (χ1v) is 7.45. The molecule has 0 bridgehead atoms. The van der Waals surface area contributed by atoms with Crippen molar-refractivity contribution in [3.8, 4) is 0 Å². The minimum absolute atomic E-state index is 0.0133. The maximum Gasteiger partial charge on any atom is 0.256 e. The van der Waals surface area contributed by atoms with Gasteiger partial charge in [0.05, 0.1) is 17.9 Å². The van der Waals surface area contributed by atoms with E-state index < -0.39 is 0 Å². The molecule has 1 aliphatic carbocycles. The Kier molecular flexibility index (Phi) is 5.20. The Balaban J connectivity index is 2.24. The van der Waals surface area contributed by atoms with Crippen molar-refractivity contribution >= 4 is 11.6 Å². The van der Waals surface area contributed by atoms with Gasteiger partial charge < -0.3 is 15.1 Å². The van der Waals surface area contributed by atoms with E-state index >= 15 is 0 Å². The predicted octanol–water partition coefficient (Wildman–Crippen LogP) is 2.17. The number of benzene rings is 1. The average molecular weight is 291 g/mol. The van der Waals surface area contributed by atoms with Crippen LogP contribution in [0.1, 0.15) is 35.7 Å². The van der Waals surface area contributed by atoms with E-state index in [0.717, 1.165) is 5.56 Å². The second-order valence-electron chi connectivity index (χ2n) is 5.76. The zero-order chi connectivity index (χ0) is 15.4. The van der Waals surface area contributed by atoms with Crippen LogP contribution >= 0.6 is 0 Å². The van der Waals surface area contributed by atoms with Gasteiger partial charge in [-0.15, -0.1) is 0 Å². The summed E-state index contributed by atoms with van der Waals surface area (Å²) in [7, 11) is 1.66. The van der Waals surface area contributed by atoms with Crippen molar-refractivity contribution < 1.29 is 9.53 Å². The fourth-order valence-corrected chi connectivity index (χ4v) is 2.63. The van der Waals surface area contributed by atoms with E-state index in [-0.39, 0.29) is 11.9 Å². The molecule has 1 unspecified atom stereocenters. The Hall–Kier alpha value is -1.59. The minimum Gasteiger partial charge on any atom is -0.383 e. The number of carbonyl (C=O) groups is 1. The molecule has 1 saturated carbocycles. The molecule has 1 atom stereocenters. The van der Waals surface area contributed by atoms with Crippen molar-refractivity contribution in [3.05, 3.63) is 29.3 Å². The second-order valence-corrected chi connectivity index (χ2v) is 5.76. The van der Waals surface area contributed by atoms with Crippen molar-refractivity contribution in [1.29, 1.82) is 0 Å². The minimum atomic E-state index is 0.0133. The number of carbonyl (C=O) groups excluding carboxylic acids is 1. The lowest BCUT2D eigenvalue weighted by molar-refractivity contribution is 0.0595. The summed E-state index contributed by atoms with van der Waals surface area (Å²) < 4.78 is 5.15. The Morgan fingerprint density at radius 3 is 2.81 bits per heavy atom. The summed E-state index contributed by atoms with van der Waals surface area (Å²) in [6.45, 7) is 5.24. The third-order valence-electron chi connectivity index (χ3n) is 4.15. The number of nitrogen functional groups attached to an aromatic ring is 1. The van der Waals surface area contributed by atoms with E-state index in [4.69, 9.17) is 10.6 Å². The number of rotatable bonds is 7. The first-order chi connectivity index (χ1) is 10.1. The van der Waals surface area contributed by atoms with Crippen molar-refractivity contribution in [1.82, 2.24) is 4.90 Å². The number of methoxy groups -OCH3 is 1. The molecule has 21 heavy (non-hydrogen) atoms. The third kappa shape index (κ3) is 3.74. The van der Waals surface area contributed by atoms with Gasteiger partial charge in [0.25, 0.3) is 5.91 Å². The number of hydrazine groups is 1. The lowest BCUT2D eigenvalue weighted by Gasteiger charge is -2.30. The number of anilines is 1. The van der Waals surface area contributed by atoms with Gasteiger partial charge in [0.15, 0.2) is 0 Å². The highest BCUT2D eigenvalue weighted by Gasteiger charge is 2.34. The highest BCUT2D eigenvalue weighted by Crippen LogP contribution is 2.36. The molecule has 0 aromatic heterocycles. The molecule has 3 N–H and O–H groups in total. The lowest BCUT2D eigenvalue weighted by Crippen LogP contribution is -2.42. The first kappa shape index (κ1) is 15.8. The van der Waals surface area contributed by atoms with Gasteiger partial charge in [0.2, 0.25) is 0 Å². The molecule has 1 aliphatic rings. The molecule has 5 nitrogen and oxygen atoms in total. The summed E-state index contributed by atoms with van der Waals surface area (Å²) in [5.74, 6) is 6.19. The molecule has 5 heteroatoms. The van der Waals surface area contributed by atoms with Crippen LogP contribution in [0.5, 0.6) is 0 Å². The number of nitrogens with two attached hydrogens (primary N) is 1. The van der Waals surface area contributed by atoms with Crippen molar-refractivity contribution in [2.24, 2.45) is 11.8 Å². The van der Waals surface area contributed by atoms with Crippen LogP contribution in [0.2, 0.25) is 0 Å². The van der Waals surface area contributed by atoms with Crippen LogP contribution in [-0.2, 0) is 4.74 Å². The Labute approximate surface area is 126 Å². The molecule has 1 aromatic rings. The van der Waals surface area contributed by atoms with Crippen LogP contribution in [0, 0.1) is 12.8 Å². The Morgan fingerprint density at radius 2 is 2.24 bits per heavy atom. The van der Waals surface area contributed by atoms with Crippen LogP contribution in [0.15, 0.2) is 18.2 Å². The van der Waals surface area contributed by atoms with Gasteiger partial charge in [-0.1, -0.05) is 6.07 Å². The number of nitrogens with zero attached hydrogens (tertiary/aromatic N) is 1. The largest absolute Gasteiger partial charge is 0.383 e. The molecule has 116 valence electrons. The van der Waals surface area contributed by atoms with E-state index in [1.807, 2.05) is 30.0 Å². The van der Waals surface area contributed by atoms with Gasteiger partial charge >= 0.3 is 0 Å². The zero-order valence-corrected chi connectivity index (χ0v) is 13.1. The van der Waals surface area contributed by atoms with Crippen LogP contribution < -0.4 is 11.3 Å². The van der Waals surface area contributed by atoms with E-state index in [2.05, 4.69) is 12.3 Å². The molecule has 0 radical (unpaired) electrons. The quantitative estimate of drug-likeness (QED) is 0.597. The van der Waals surface area contributed by atoms with Gasteiger partial charge in [0, 0.05) is 19.7 Å².